The number of hydrogen-bond acceptors (Lipinski definition) is 2. The number of carbonyl (C=O) groups excluding carboxylic acids is 2. The Morgan fingerprint density at radius 2 is 1.85 bits per heavy atom. The van der Waals surface area contributed by atoms with Gasteiger partial charge in [0.2, 0.25) is 5.91 Å². The molecule has 1 aliphatic rings. The molecule has 3 rings (SSSR count). The number of halogens is 2. The van der Waals surface area contributed by atoms with E-state index in [4.69, 9.17) is 0 Å². The SMILES string of the molecule is O=C(CNC(=O)c1ccccc1F)NCC1(c2cccc(Br)c2)CCC1. The topological polar surface area (TPSA) is 58.2 Å². The van der Waals surface area contributed by atoms with Gasteiger partial charge in [0.05, 0.1) is 12.1 Å². The van der Waals surface area contributed by atoms with Gasteiger partial charge in [-0.1, -0.05) is 46.6 Å². The Morgan fingerprint density at radius 3 is 2.50 bits per heavy atom. The van der Waals surface area contributed by atoms with Crippen molar-refractivity contribution in [1.29, 1.82) is 0 Å². The third kappa shape index (κ3) is 4.12. The lowest BCUT2D eigenvalue weighted by Gasteiger charge is -2.42. The Bertz CT molecular complexity index is 821. The number of rotatable bonds is 6. The second kappa shape index (κ2) is 7.99. The molecule has 136 valence electrons. The molecule has 2 amide bonds. The van der Waals surface area contributed by atoms with E-state index in [1.807, 2.05) is 12.1 Å². The minimum Gasteiger partial charge on any atom is -0.354 e. The van der Waals surface area contributed by atoms with Gasteiger partial charge in [-0.3, -0.25) is 9.59 Å². The van der Waals surface area contributed by atoms with Crippen LogP contribution in [0.25, 0.3) is 0 Å². The van der Waals surface area contributed by atoms with Gasteiger partial charge in [-0.15, -0.1) is 0 Å². The lowest BCUT2D eigenvalue weighted by Crippen LogP contribution is -2.47. The molecule has 0 aliphatic heterocycles. The van der Waals surface area contributed by atoms with E-state index >= 15 is 0 Å². The number of carbonyl (C=O) groups is 2. The second-order valence-electron chi connectivity index (χ2n) is 6.58. The highest BCUT2D eigenvalue weighted by Gasteiger charge is 2.38. The van der Waals surface area contributed by atoms with Gasteiger partial charge in [0.25, 0.3) is 5.91 Å². The van der Waals surface area contributed by atoms with E-state index in [9.17, 15) is 14.0 Å². The molecule has 0 aromatic heterocycles. The monoisotopic (exact) mass is 418 g/mol. The minimum atomic E-state index is -0.603. The Morgan fingerprint density at radius 1 is 1.08 bits per heavy atom. The molecule has 0 radical (unpaired) electrons. The molecule has 0 spiro atoms. The largest absolute Gasteiger partial charge is 0.354 e. The molecule has 26 heavy (non-hydrogen) atoms. The molecule has 2 aromatic rings. The summed E-state index contributed by atoms with van der Waals surface area (Å²) in [6, 6.07) is 13.8. The highest BCUT2D eigenvalue weighted by molar-refractivity contribution is 9.10. The lowest BCUT2D eigenvalue weighted by atomic mass is 9.64. The molecule has 2 N–H and O–H groups in total. The number of benzene rings is 2. The Balaban J connectivity index is 1.54. The van der Waals surface area contributed by atoms with Crippen LogP contribution < -0.4 is 10.6 Å². The predicted octanol–water partition coefficient (Wildman–Crippen LogP) is 3.56. The van der Waals surface area contributed by atoms with Crippen LogP contribution in [0.2, 0.25) is 0 Å². The summed E-state index contributed by atoms with van der Waals surface area (Å²) in [5.74, 6) is -1.48. The maximum absolute atomic E-state index is 13.6. The van der Waals surface area contributed by atoms with Gasteiger partial charge in [0, 0.05) is 16.4 Å². The van der Waals surface area contributed by atoms with Crippen LogP contribution in [0.15, 0.2) is 53.0 Å². The summed E-state index contributed by atoms with van der Waals surface area (Å²) in [6.07, 6.45) is 3.17. The maximum atomic E-state index is 13.6. The van der Waals surface area contributed by atoms with Crippen LogP contribution in [0.3, 0.4) is 0 Å². The maximum Gasteiger partial charge on any atom is 0.254 e. The first kappa shape index (κ1) is 18.6. The Hall–Kier alpha value is -2.21. The summed E-state index contributed by atoms with van der Waals surface area (Å²) in [5, 5.41) is 5.36. The Labute approximate surface area is 160 Å². The molecule has 0 heterocycles. The highest BCUT2D eigenvalue weighted by atomic mass is 79.9. The molecular formula is C20H20BrFN2O2. The van der Waals surface area contributed by atoms with E-state index in [-0.39, 0.29) is 23.4 Å². The van der Waals surface area contributed by atoms with Gasteiger partial charge < -0.3 is 10.6 Å². The molecule has 1 aliphatic carbocycles. The van der Waals surface area contributed by atoms with E-state index in [0.29, 0.717) is 6.54 Å². The van der Waals surface area contributed by atoms with Crippen molar-refractivity contribution in [3.63, 3.8) is 0 Å². The van der Waals surface area contributed by atoms with Crippen molar-refractivity contribution in [2.75, 3.05) is 13.1 Å². The van der Waals surface area contributed by atoms with E-state index in [2.05, 4.69) is 38.7 Å². The van der Waals surface area contributed by atoms with Crippen LogP contribution in [0.4, 0.5) is 4.39 Å². The highest BCUT2D eigenvalue weighted by Crippen LogP contribution is 2.43. The van der Waals surface area contributed by atoms with Crippen molar-refractivity contribution in [2.24, 2.45) is 0 Å². The molecule has 0 unspecified atom stereocenters. The van der Waals surface area contributed by atoms with Crippen molar-refractivity contribution in [1.82, 2.24) is 10.6 Å². The average molecular weight is 419 g/mol. The first-order chi connectivity index (χ1) is 12.5. The average Bonchev–Trinajstić information content (AvgIpc) is 2.59. The zero-order chi connectivity index (χ0) is 18.6. The summed E-state index contributed by atoms with van der Waals surface area (Å²) < 4.78 is 14.6. The first-order valence-electron chi connectivity index (χ1n) is 8.56. The molecule has 1 fully saturated rings. The molecular weight excluding hydrogens is 399 g/mol. The normalized spacial score (nSPS) is 15.0. The van der Waals surface area contributed by atoms with Gasteiger partial charge in [-0.05, 0) is 42.7 Å². The fourth-order valence-corrected chi connectivity index (χ4v) is 3.62. The van der Waals surface area contributed by atoms with Gasteiger partial charge >= 0.3 is 0 Å². The van der Waals surface area contributed by atoms with Gasteiger partial charge in [0.1, 0.15) is 5.82 Å². The van der Waals surface area contributed by atoms with Crippen molar-refractivity contribution >= 4 is 27.7 Å². The van der Waals surface area contributed by atoms with Crippen molar-refractivity contribution in [3.8, 4) is 0 Å². The minimum absolute atomic E-state index is 0.0466. The quantitative estimate of drug-likeness (QED) is 0.753. The zero-order valence-electron chi connectivity index (χ0n) is 14.2. The molecule has 0 atom stereocenters. The zero-order valence-corrected chi connectivity index (χ0v) is 15.8. The van der Waals surface area contributed by atoms with Crippen molar-refractivity contribution in [3.05, 3.63) is 69.9 Å². The summed E-state index contributed by atoms with van der Waals surface area (Å²) in [5.41, 5.74) is 1.09. The van der Waals surface area contributed by atoms with Crippen LogP contribution in [0.1, 0.15) is 35.2 Å². The Kier molecular flexibility index (Phi) is 5.71. The van der Waals surface area contributed by atoms with E-state index in [1.54, 1.807) is 6.07 Å². The van der Waals surface area contributed by atoms with Crippen LogP contribution in [0.5, 0.6) is 0 Å². The fourth-order valence-electron chi connectivity index (χ4n) is 3.22. The smallest absolute Gasteiger partial charge is 0.254 e. The van der Waals surface area contributed by atoms with Crippen molar-refractivity contribution in [2.45, 2.75) is 24.7 Å². The van der Waals surface area contributed by atoms with Crippen LogP contribution in [-0.2, 0) is 10.2 Å². The summed E-state index contributed by atoms with van der Waals surface area (Å²) in [4.78, 5) is 24.1. The molecule has 1 saturated carbocycles. The van der Waals surface area contributed by atoms with Gasteiger partial charge in [0.15, 0.2) is 0 Å². The number of amides is 2. The van der Waals surface area contributed by atoms with Crippen molar-refractivity contribution < 1.29 is 14.0 Å². The predicted molar refractivity (Wildman–Crippen MR) is 101 cm³/mol. The molecule has 2 aromatic carbocycles. The van der Waals surface area contributed by atoms with E-state index < -0.39 is 11.7 Å². The van der Waals surface area contributed by atoms with Gasteiger partial charge in [-0.2, -0.15) is 0 Å². The molecule has 0 saturated heterocycles. The summed E-state index contributed by atoms with van der Waals surface area (Å²) in [6.45, 7) is 0.347. The third-order valence-corrected chi connectivity index (χ3v) is 5.39. The van der Waals surface area contributed by atoms with Crippen LogP contribution in [-0.4, -0.2) is 24.9 Å². The lowest BCUT2D eigenvalue weighted by molar-refractivity contribution is -0.120. The standard InChI is InChI=1S/C20H20BrFN2O2/c21-15-6-3-5-14(11-15)20(9-4-10-20)13-24-18(25)12-23-19(26)16-7-1-2-8-17(16)22/h1-3,5-8,11H,4,9-10,12-13H2,(H,23,26)(H,24,25). The third-order valence-electron chi connectivity index (χ3n) is 4.90. The molecule has 4 nitrogen and oxygen atoms in total. The second-order valence-corrected chi connectivity index (χ2v) is 7.50. The molecule has 6 heteroatoms. The fraction of sp³-hybridized carbons (Fsp3) is 0.300. The summed E-state index contributed by atoms with van der Waals surface area (Å²) >= 11 is 3.49. The molecule has 0 bridgehead atoms. The van der Waals surface area contributed by atoms with Gasteiger partial charge in [-0.25, -0.2) is 4.39 Å². The first-order valence-corrected chi connectivity index (χ1v) is 9.35. The van der Waals surface area contributed by atoms with Crippen LogP contribution in [0, 0.1) is 5.82 Å². The summed E-state index contributed by atoms with van der Waals surface area (Å²) in [7, 11) is 0. The van der Waals surface area contributed by atoms with E-state index in [0.717, 1.165) is 23.7 Å². The van der Waals surface area contributed by atoms with E-state index in [1.165, 1.54) is 23.8 Å². The number of hydrogen-bond donors (Lipinski definition) is 2. The van der Waals surface area contributed by atoms with Crippen LogP contribution >= 0.6 is 15.9 Å². The number of nitrogens with one attached hydrogen (secondary N) is 2.